The van der Waals surface area contributed by atoms with Crippen LogP contribution >= 0.6 is 0 Å². The molecule has 1 aromatic carbocycles. The molecule has 0 amide bonds. The molecule has 0 spiro atoms. The normalized spacial score (nSPS) is 29.9. The zero-order valence-electron chi connectivity index (χ0n) is 12.8. The highest BCUT2D eigenvalue weighted by Crippen LogP contribution is 2.40. The van der Waals surface area contributed by atoms with Crippen LogP contribution in [0.25, 0.3) is 0 Å². The molecule has 3 rings (SSSR count). The van der Waals surface area contributed by atoms with E-state index in [-0.39, 0.29) is 0 Å². The van der Waals surface area contributed by atoms with Crippen LogP contribution in [0.2, 0.25) is 0 Å². The van der Waals surface area contributed by atoms with Crippen molar-refractivity contribution < 1.29 is 9.84 Å². The molecule has 2 atom stereocenters. The molecule has 116 valence electrons. The Morgan fingerprint density at radius 1 is 1.33 bits per heavy atom. The summed E-state index contributed by atoms with van der Waals surface area (Å²) in [6.07, 6.45) is 5.48. The standard InChI is InChI=1S/C17H26N2O2/c1-21-16-9-13(8-15(18)10-16)11-19-7-6-17(20)5-3-2-4-14(17)12-19/h8-10,14,20H,2-7,11-12,18H2,1H3. The highest BCUT2D eigenvalue weighted by Gasteiger charge is 2.42. The predicted molar refractivity (Wildman–Crippen MR) is 84.2 cm³/mol. The average Bonchev–Trinajstić information content (AvgIpc) is 2.47. The molecule has 1 saturated heterocycles. The fourth-order valence-corrected chi connectivity index (χ4v) is 3.94. The lowest BCUT2D eigenvalue weighted by atomic mass is 9.71. The monoisotopic (exact) mass is 290 g/mol. The minimum atomic E-state index is -0.401. The number of nitrogens with zero attached hydrogens (tertiary/aromatic N) is 1. The Hall–Kier alpha value is -1.26. The topological polar surface area (TPSA) is 58.7 Å². The van der Waals surface area contributed by atoms with E-state index in [1.54, 1.807) is 7.11 Å². The number of hydrogen-bond acceptors (Lipinski definition) is 4. The van der Waals surface area contributed by atoms with Crippen molar-refractivity contribution in [2.24, 2.45) is 5.92 Å². The Labute approximate surface area is 126 Å². The molecule has 1 saturated carbocycles. The van der Waals surface area contributed by atoms with Crippen molar-refractivity contribution in [2.45, 2.75) is 44.2 Å². The minimum Gasteiger partial charge on any atom is -0.497 e. The van der Waals surface area contributed by atoms with Crippen LogP contribution in [0.4, 0.5) is 5.69 Å². The first-order valence-corrected chi connectivity index (χ1v) is 7.97. The predicted octanol–water partition coefficient (Wildman–Crippen LogP) is 2.40. The van der Waals surface area contributed by atoms with Crippen molar-refractivity contribution in [1.29, 1.82) is 0 Å². The maximum Gasteiger partial charge on any atom is 0.121 e. The summed E-state index contributed by atoms with van der Waals surface area (Å²) in [5, 5.41) is 10.7. The number of fused-ring (bicyclic) bond motifs is 1. The van der Waals surface area contributed by atoms with Crippen molar-refractivity contribution in [3.63, 3.8) is 0 Å². The summed E-state index contributed by atoms with van der Waals surface area (Å²) in [5.41, 5.74) is 7.46. The van der Waals surface area contributed by atoms with Crippen LogP contribution in [0.15, 0.2) is 18.2 Å². The molecule has 0 aromatic heterocycles. The summed E-state index contributed by atoms with van der Waals surface area (Å²) < 4.78 is 5.29. The average molecular weight is 290 g/mol. The maximum absolute atomic E-state index is 10.7. The van der Waals surface area contributed by atoms with Gasteiger partial charge in [0.15, 0.2) is 0 Å². The van der Waals surface area contributed by atoms with Crippen molar-refractivity contribution >= 4 is 5.69 Å². The van der Waals surface area contributed by atoms with Gasteiger partial charge in [-0.3, -0.25) is 4.90 Å². The van der Waals surface area contributed by atoms with Gasteiger partial charge in [-0.1, -0.05) is 12.8 Å². The van der Waals surface area contributed by atoms with Crippen LogP contribution in [0.1, 0.15) is 37.7 Å². The molecule has 1 aromatic rings. The molecule has 4 heteroatoms. The number of piperidine rings is 1. The van der Waals surface area contributed by atoms with Crippen LogP contribution in [-0.4, -0.2) is 35.8 Å². The van der Waals surface area contributed by atoms with Gasteiger partial charge >= 0.3 is 0 Å². The van der Waals surface area contributed by atoms with Crippen LogP contribution < -0.4 is 10.5 Å². The quantitative estimate of drug-likeness (QED) is 0.839. The van der Waals surface area contributed by atoms with E-state index in [1.165, 1.54) is 18.4 Å². The van der Waals surface area contributed by atoms with Crippen LogP contribution in [0, 0.1) is 5.92 Å². The summed E-state index contributed by atoms with van der Waals surface area (Å²) >= 11 is 0. The third-order valence-corrected chi connectivity index (χ3v) is 5.14. The smallest absolute Gasteiger partial charge is 0.121 e. The van der Waals surface area contributed by atoms with Gasteiger partial charge in [-0.05, 0) is 37.0 Å². The van der Waals surface area contributed by atoms with E-state index in [9.17, 15) is 5.11 Å². The summed E-state index contributed by atoms with van der Waals surface area (Å²) in [6.45, 7) is 2.84. The fourth-order valence-electron chi connectivity index (χ4n) is 3.94. The number of anilines is 1. The summed E-state index contributed by atoms with van der Waals surface area (Å²) in [5.74, 6) is 1.25. The zero-order valence-corrected chi connectivity index (χ0v) is 12.8. The SMILES string of the molecule is COc1cc(N)cc(CN2CCC3(O)CCCCC3C2)c1. The van der Waals surface area contributed by atoms with E-state index in [0.717, 1.165) is 50.3 Å². The van der Waals surface area contributed by atoms with Crippen molar-refractivity contribution in [3.05, 3.63) is 23.8 Å². The van der Waals surface area contributed by atoms with Crippen molar-refractivity contribution in [3.8, 4) is 5.75 Å². The number of rotatable bonds is 3. The first-order chi connectivity index (χ1) is 10.1. The summed E-state index contributed by atoms with van der Waals surface area (Å²) in [4.78, 5) is 2.44. The third-order valence-electron chi connectivity index (χ3n) is 5.14. The molecule has 3 N–H and O–H groups in total. The molecule has 2 aliphatic rings. The molecule has 1 aliphatic carbocycles. The Balaban J connectivity index is 1.67. The Morgan fingerprint density at radius 2 is 2.19 bits per heavy atom. The molecule has 2 unspecified atom stereocenters. The van der Waals surface area contributed by atoms with Gasteiger partial charge in [-0.15, -0.1) is 0 Å². The number of nitrogens with two attached hydrogens (primary N) is 1. The first kappa shape index (κ1) is 14.7. The molecule has 1 aliphatic heterocycles. The van der Waals surface area contributed by atoms with Crippen LogP contribution in [0.5, 0.6) is 5.75 Å². The fraction of sp³-hybridized carbons (Fsp3) is 0.647. The van der Waals surface area contributed by atoms with Gasteiger partial charge in [0.1, 0.15) is 5.75 Å². The van der Waals surface area contributed by atoms with E-state index in [4.69, 9.17) is 10.5 Å². The van der Waals surface area contributed by atoms with Crippen molar-refractivity contribution in [1.82, 2.24) is 4.90 Å². The number of ether oxygens (including phenoxy) is 1. The van der Waals surface area contributed by atoms with Gasteiger partial charge in [0, 0.05) is 37.3 Å². The lowest BCUT2D eigenvalue weighted by Gasteiger charge is -2.47. The lowest BCUT2D eigenvalue weighted by molar-refractivity contribution is -0.0967. The van der Waals surface area contributed by atoms with Gasteiger partial charge in [0.25, 0.3) is 0 Å². The summed E-state index contributed by atoms with van der Waals surface area (Å²) in [7, 11) is 1.67. The Morgan fingerprint density at radius 3 is 3.00 bits per heavy atom. The van der Waals surface area contributed by atoms with Gasteiger partial charge in [-0.25, -0.2) is 0 Å². The molecule has 2 fully saturated rings. The second kappa shape index (κ2) is 5.85. The largest absolute Gasteiger partial charge is 0.497 e. The van der Waals surface area contributed by atoms with E-state index >= 15 is 0 Å². The number of aliphatic hydroxyl groups is 1. The number of benzene rings is 1. The molecule has 21 heavy (non-hydrogen) atoms. The van der Waals surface area contributed by atoms with E-state index in [1.807, 2.05) is 12.1 Å². The Kier molecular flexibility index (Phi) is 4.09. The van der Waals surface area contributed by atoms with Gasteiger partial charge in [0.05, 0.1) is 12.7 Å². The maximum atomic E-state index is 10.7. The Bertz CT molecular complexity index is 506. The third kappa shape index (κ3) is 3.16. The van der Waals surface area contributed by atoms with E-state index in [0.29, 0.717) is 5.92 Å². The number of methoxy groups -OCH3 is 1. The molecule has 0 radical (unpaired) electrons. The van der Waals surface area contributed by atoms with Gasteiger partial charge in [-0.2, -0.15) is 0 Å². The number of nitrogen functional groups attached to an aromatic ring is 1. The minimum absolute atomic E-state index is 0.401. The van der Waals surface area contributed by atoms with Gasteiger partial charge < -0.3 is 15.6 Å². The molecular formula is C17H26N2O2. The second-order valence-corrected chi connectivity index (χ2v) is 6.65. The van der Waals surface area contributed by atoms with E-state index in [2.05, 4.69) is 11.0 Å². The lowest BCUT2D eigenvalue weighted by Crippen LogP contribution is -2.52. The molecule has 0 bridgehead atoms. The number of likely N-dealkylation sites (tertiary alicyclic amines) is 1. The number of hydrogen-bond donors (Lipinski definition) is 2. The zero-order chi connectivity index (χ0) is 14.9. The molecule has 1 heterocycles. The van der Waals surface area contributed by atoms with Gasteiger partial charge in [0.2, 0.25) is 0 Å². The van der Waals surface area contributed by atoms with E-state index < -0.39 is 5.60 Å². The highest BCUT2D eigenvalue weighted by molar-refractivity contribution is 5.47. The van der Waals surface area contributed by atoms with Crippen LogP contribution in [0.3, 0.4) is 0 Å². The molecular weight excluding hydrogens is 264 g/mol. The van der Waals surface area contributed by atoms with Crippen molar-refractivity contribution in [2.75, 3.05) is 25.9 Å². The summed E-state index contributed by atoms with van der Waals surface area (Å²) in [6, 6.07) is 5.92. The second-order valence-electron chi connectivity index (χ2n) is 6.65. The molecule has 4 nitrogen and oxygen atoms in total. The highest BCUT2D eigenvalue weighted by atomic mass is 16.5. The van der Waals surface area contributed by atoms with Crippen LogP contribution in [-0.2, 0) is 6.54 Å². The first-order valence-electron chi connectivity index (χ1n) is 7.97.